The Labute approximate surface area is 161 Å². The van der Waals surface area contributed by atoms with Gasteiger partial charge in [-0.15, -0.1) is 11.3 Å². The molecule has 1 amide bonds. The van der Waals surface area contributed by atoms with Gasteiger partial charge in [-0.3, -0.25) is 14.9 Å². The Morgan fingerprint density at radius 1 is 1.15 bits per heavy atom. The number of aryl methyl sites for hydroxylation is 1. The lowest BCUT2D eigenvalue weighted by molar-refractivity contribution is -0.385. The Kier molecular flexibility index (Phi) is 5.32. The number of nitro groups is 1. The van der Waals surface area contributed by atoms with Crippen LogP contribution in [0.5, 0.6) is 0 Å². The second-order valence-electron chi connectivity index (χ2n) is 6.24. The van der Waals surface area contributed by atoms with Crippen molar-refractivity contribution in [2.75, 3.05) is 0 Å². The van der Waals surface area contributed by atoms with Crippen molar-refractivity contribution in [1.82, 2.24) is 10.3 Å². The fourth-order valence-electron chi connectivity index (χ4n) is 2.92. The lowest BCUT2D eigenvalue weighted by Crippen LogP contribution is -2.27. The summed E-state index contributed by atoms with van der Waals surface area (Å²) in [5.41, 5.74) is 2.50. The molecule has 1 atom stereocenters. The molecule has 1 N–H and O–H groups in total. The van der Waals surface area contributed by atoms with Gasteiger partial charge in [0.05, 0.1) is 21.5 Å². The molecule has 0 radical (unpaired) electrons. The van der Waals surface area contributed by atoms with Crippen LogP contribution in [-0.4, -0.2) is 15.8 Å². The highest BCUT2D eigenvalue weighted by Crippen LogP contribution is 2.32. The molecule has 0 saturated heterocycles. The lowest BCUT2D eigenvalue weighted by Gasteiger charge is -2.14. The van der Waals surface area contributed by atoms with E-state index < -0.39 is 4.92 Å². The van der Waals surface area contributed by atoms with Gasteiger partial charge in [-0.1, -0.05) is 36.4 Å². The number of benzene rings is 2. The number of carbonyl (C=O) groups is 1. The number of nitro benzene ring substituents is 1. The predicted molar refractivity (Wildman–Crippen MR) is 106 cm³/mol. The molecule has 3 aromatic rings. The summed E-state index contributed by atoms with van der Waals surface area (Å²) in [4.78, 5) is 28.9. The van der Waals surface area contributed by atoms with E-state index in [-0.39, 0.29) is 17.6 Å². The van der Waals surface area contributed by atoms with Gasteiger partial charge >= 0.3 is 0 Å². The number of amides is 1. The van der Waals surface area contributed by atoms with E-state index in [9.17, 15) is 14.9 Å². The highest BCUT2D eigenvalue weighted by Gasteiger charge is 2.21. The van der Waals surface area contributed by atoms with Crippen molar-refractivity contribution in [2.24, 2.45) is 0 Å². The van der Waals surface area contributed by atoms with Crippen molar-refractivity contribution >= 4 is 22.9 Å². The van der Waals surface area contributed by atoms with E-state index in [2.05, 4.69) is 10.3 Å². The average molecular weight is 381 g/mol. The van der Waals surface area contributed by atoms with Crippen LogP contribution in [0, 0.1) is 24.0 Å². The highest BCUT2D eigenvalue weighted by molar-refractivity contribution is 7.15. The molecule has 0 aliphatic heterocycles. The Morgan fingerprint density at radius 3 is 2.52 bits per heavy atom. The second kappa shape index (κ2) is 7.67. The topological polar surface area (TPSA) is 85.1 Å². The standard InChI is InChI=1S/C20H19N3O3S/c1-12-16(10-7-11-17(12)23(25)26)19(24)21-13(2)18-14(3)22-20(27-18)15-8-5-4-6-9-15/h4-11,13H,1-3H3,(H,21,24). The van der Waals surface area contributed by atoms with Crippen LogP contribution < -0.4 is 5.32 Å². The minimum atomic E-state index is -0.477. The first-order valence-corrected chi connectivity index (χ1v) is 9.27. The summed E-state index contributed by atoms with van der Waals surface area (Å²) in [5.74, 6) is -0.335. The third kappa shape index (κ3) is 3.88. The third-order valence-corrected chi connectivity index (χ3v) is 5.73. The fraction of sp³-hybridized carbons (Fsp3) is 0.200. The zero-order chi connectivity index (χ0) is 19.6. The lowest BCUT2D eigenvalue weighted by atomic mass is 10.1. The van der Waals surface area contributed by atoms with Crippen molar-refractivity contribution in [3.63, 3.8) is 0 Å². The number of thiazole rings is 1. The molecule has 3 rings (SSSR count). The van der Waals surface area contributed by atoms with Crippen molar-refractivity contribution in [3.05, 3.63) is 80.3 Å². The molecular formula is C20H19N3O3S. The van der Waals surface area contributed by atoms with Crippen LogP contribution in [0.25, 0.3) is 10.6 Å². The molecule has 1 heterocycles. The maximum absolute atomic E-state index is 12.7. The van der Waals surface area contributed by atoms with Crippen LogP contribution in [0.2, 0.25) is 0 Å². The third-order valence-electron chi connectivity index (χ3n) is 4.34. The van der Waals surface area contributed by atoms with Crippen LogP contribution in [0.3, 0.4) is 0 Å². The van der Waals surface area contributed by atoms with Gasteiger partial charge in [0.25, 0.3) is 11.6 Å². The molecule has 0 saturated carbocycles. The van der Waals surface area contributed by atoms with Gasteiger partial charge in [0.1, 0.15) is 5.01 Å². The summed E-state index contributed by atoms with van der Waals surface area (Å²) in [5, 5.41) is 14.9. The van der Waals surface area contributed by atoms with E-state index in [1.54, 1.807) is 13.0 Å². The summed E-state index contributed by atoms with van der Waals surface area (Å²) in [6.07, 6.45) is 0. The summed E-state index contributed by atoms with van der Waals surface area (Å²) in [7, 11) is 0. The quantitative estimate of drug-likeness (QED) is 0.507. The molecular weight excluding hydrogens is 362 g/mol. The van der Waals surface area contributed by atoms with Crippen LogP contribution in [0.15, 0.2) is 48.5 Å². The SMILES string of the molecule is Cc1nc(-c2ccccc2)sc1C(C)NC(=O)c1cccc([N+](=O)[O-])c1C. The first-order valence-electron chi connectivity index (χ1n) is 8.46. The summed E-state index contributed by atoms with van der Waals surface area (Å²) >= 11 is 1.54. The number of nitrogens with one attached hydrogen (secondary N) is 1. The number of carbonyl (C=O) groups excluding carboxylic acids is 1. The van der Waals surface area contributed by atoms with E-state index in [0.717, 1.165) is 21.1 Å². The molecule has 0 fully saturated rings. The normalized spacial score (nSPS) is 11.8. The Bertz CT molecular complexity index is 999. The number of rotatable bonds is 5. The van der Waals surface area contributed by atoms with Crippen LogP contribution >= 0.6 is 11.3 Å². The van der Waals surface area contributed by atoms with E-state index in [1.165, 1.54) is 23.5 Å². The van der Waals surface area contributed by atoms with Gasteiger partial charge in [0.15, 0.2) is 0 Å². The Balaban J connectivity index is 1.83. The number of nitrogens with zero attached hydrogens (tertiary/aromatic N) is 2. The molecule has 1 unspecified atom stereocenters. The maximum atomic E-state index is 12.7. The average Bonchev–Trinajstić information content (AvgIpc) is 3.04. The van der Waals surface area contributed by atoms with Gasteiger partial charge in [-0.25, -0.2) is 4.98 Å². The number of hydrogen-bond donors (Lipinski definition) is 1. The molecule has 1 aromatic heterocycles. The highest BCUT2D eigenvalue weighted by atomic mass is 32.1. The molecule has 138 valence electrons. The van der Waals surface area contributed by atoms with Gasteiger partial charge in [0, 0.05) is 22.8 Å². The Hall–Kier alpha value is -3.06. The fourth-order valence-corrected chi connectivity index (χ4v) is 4.00. The molecule has 0 aliphatic rings. The van der Waals surface area contributed by atoms with E-state index in [1.807, 2.05) is 44.2 Å². The first kappa shape index (κ1) is 18.7. The molecule has 0 spiro atoms. The van der Waals surface area contributed by atoms with Crippen molar-refractivity contribution in [2.45, 2.75) is 26.8 Å². The largest absolute Gasteiger partial charge is 0.345 e. The minimum Gasteiger partial charge on any atom is -0.345 e. The van der Waals surface area contributed by atoms with Gasteiger partial charge in [0.2, 0.25) is 0 Å². The summed E-state index contributed by atoms with van der Waals surface area (Å²) in [6.45, 7) is 5.39. The molecule has 0 bridgehead atoms. The maximum Gasteiger partial charge on any atom is 0.273 e. The van der Waals surface area contributed by atoms with Crippen molar-refractivity contribution in [3.8, 4) is 10.6 Å². The van der Waals surface area contributed by atoms with E-state index >= 15 is 0 Å². The molecule has 27 heavy (non-hydrogen) atoms. The Morgan fingerprint density at radius 2 is 1.85 bits per heavy atom. The van der Waals surface area contributed by atoms with Crippen molar-refractivity contribution in [1.29, 1.82) is 0 Å². The smallest absolute Gasteiger partial charge is 0.273 e. The monoisotopic (exact) mass is 381 g/mol. The first-order chi connectivity index (χ1) is 12.9. The summed E-state index contributed by atoms with van der Waals surface area (Å²) < 4.78 is 0. The number of hydrogen-bond acceptors (Lipinski definition) is 5. The molecule has 6 nitrogen and oxygen atoms in total. The number of aromatic nitrogens is 1. The van der Waals surface area contributed by atoms with E-state index in [0.29, 0.717) is 11.1 Å². The second-order valence-corrected chi connectivity index (χ2v) is 7.27. The zero-order valence-electron chi connectivity index (χ0n) is 15.2. The molecule has 2 aromatic carbocycles. The predicted octanol–water partition coefficient (Wildman–Crippen LogP) is 4.83. The van der Waals surface area contributed by atoms with Crippen molar-refractivity contribution < 1.29 is 9.72 Å². The zero-order valence-corrected chi connectivity index (χ0v) is 16.0. The van der Waals surface area contributed by atoms with Gasteiger partial charge < -0.3 is 5.32 Å². The molecule has 7 heteroatoms. The van der Waals surface area contributed by atoms with Crippen LogP contribution in [0.4, 0.5) is 5.69 Å². The van der Waals surface area contributed by atoms with Crippen LogP contribution in [-0.2, 0) is 0 Å². The van der Waals surface area contributed by atoms with Crippen LogP contribution in [0.1, 0.15) is 39.5 Å². The van der Waals surface area contributed by atoms with Gasteiger partial charge in [-0.05, 0) is 26.8 Å². The van der Waals surface area contributed by atoms with E-state index in [4.69, 9.17) is 0 Å². The molecule has 0 aliphatic carbocycles. The minimum absolute atomic E-state index is 0.0596. The summed E-state index contributed by atoms with van der Waals surface area (Å²) in [6, 6.07) is 14.1. The van der Waals surface area contributed by atoms with Gasteiger partial charge in [-0.2, -0.15) is 0 Å².